The average molecular weight is 223 g/mol. The van der Waals surface area contributed by atoms with Gasteiger partial charge in [0.2, 0.25) is 0 Å². The number of aliphatic hydroxyl groups is 1. The summed E-state index contributed by atoms with van der Waals surface area (Å²) in [5.74, 6) is 0. The van der Waals surface area contributed by atoms with Gasteiger partial charge in [0.1, 0.15) is 0 Å². The van der Waals surface area contributed by atoms with Gasteiger partial charge in [-0.15, -0.1) is 0 Å². The number of aromatic nitrogens is 2. The Balaban J connectivity index is 2.33. The molecule has 0 spiro atoms. The van der Waals surface area contributed by atoms with Gasteiger partial charge in [-0.05, 0) is 24.1 Å². The molecule has 1 N–H and O–H groups in total. The molecule has 78 valence electrons. The molecule has 15 heavy (non-hydrogen) atoms. The highest BCUT2D eigenvalue weighted by atomic mass is 35.5. The largest absolute Gasteiger partial charge is 0.396 e. The fourth-order valence-electron chi connectivity index (χ4n) is 1.39. The third-order valence-corrected chi connectivity index (χ3v) is 2.46. The van der Waals surface area contributed by atoms with Gasteiger partial charge >= 0.3 is 0 Å². The minimum absolute atomic E-state index is 0.133. The van der Waals surface area contributed by atoms with Crippen molar-refractivity contribution in [2.75, 3.05) is 6.61 Å². The molecule has 0 atom stereocenters. The Kier molecular flexibility index (Phi) is 3.04. The van der Waals surface area contributed by atoms with E-state index in [0.29, 0.717) is 11.4 Å². The van der Waals surface area contributed by atoms with Gasteiger partial charge in [-0.25, -0.2) is 4.68 Å². The van der Waals surface area contributed by atoms with Crippen LogP contribution in [0.4, 0.5) is 0 Å². The molecule has 2 aromatic rings. The van der Waals surface area contributed by atoms with Crippen LogP contribution in [0.5, 0.6) is 0 Å². The highest BCUT2D eigenvalue weighted by Gasteiger charge is 2.03. The van der Waals surface area contributed by atoms with Gasteiger partial charge in [-0.2, -0.15) is 5.10 Å². The molecule has 0 unspecified atom stereocenters. The van der Waals surface area contributed by atoms with Gasteiger partial charge in [0, 0.05) is 12.8 Å². The zero-order valence-electron chi connectivity index (χ0n) is 8.10. The van der Waals surface area contributed by atoms with E-state index in [1.54, 1.807) is 10.9 Å². The molecular weight excluding hydrogens is 212 g/mol. The Morgan fingerprint density at radius 2 is 2.13 bits per heavy atom. The van der Waals surface area contributed by atoms with E-state index in [4.69, 9.17) is 16.7 Å². The second kappa shape index (κ2) is 4.47. The molecular formula is C11H11ClN2O. The van der Waals surface area contributed by atoms with Crippen molar-refractivity contribution >= 4 is 11.6 Å². The van der Waals surface area contributed by atoms with Crippen molar-refractivity contribution in [1.29, 1.82) is 0 Å². The van der Waals surface area contributed by atoms with E-state index in [-0.39, 0.29) is 6.61 Å². The van der Waals surface area contributed by atoms with Gasteiger partial charge in [0.05, 0.1) is 16.9 Å². The number of nitrogens with zero attached hydrogens (tertiary/aromatic N) is 2. The molecule has 1 heterocycles. The molecule has 1 aromatic carbocycles. The molecule has 0 aliphatic rings. The molecule has 0 radical (unpaired) electrons. The maximum atomic E-state index is 8.79. The molecule has 0 saturated heterocycles. The van der Waals surface area contributed by atoms with Crippen LogP contribution in [0.25, 0.3) is 5.69 Å². The molecule has 1 aromatic heterocycles. The first-order chi connectivity index (χ1) is 7.31. The number of rotatable bonds is 3. The maximum absolute atomic E-state index is 8.79. The molecule has 0 amide bonds. The van der Waals surface area contributed by atoms with Crippen LogP contribution in [0, 0.1) is 0 Å². The predicted molar refractivity (Wildman–Crippen MR) is 59.4 cm³/mol. The first-order valence-electron chi connectivity index (χ1n) is 4.70. The Hall–Kier alpha value is -1.32. The summed E-state index contributed by atoms with van der Waals surface area (Å²) in [4.78, 5) is 0. The second-order valence-corrected chi connectivity index (χ2v) is 3.63. The van der Waals surface area contributed by atoms with Gasteiger partial charge in [0.25, 0.3) is 0 Å². The average Bonchev–Trinajstić information content (AvgIpc) is 2.68. The number of halogens is 1. The van der Waals surface area contributed by atoms with E-state index in [0.717, 1.165) is 11.3 Å². The van der Waals surface area contributed by atoms with Gasteiger partial charge in [-0.3, -0.25) is 0 Å². The lowest BCUT2D eigenvalue weighted by molar-refractivity contribution is 0.299. The second-order valence-electron chi connectivity index (χ2n) is 3.22. The van der Waals surface area contributed by atoms with Crippen LogP contribution in [-0.2, 0) is 6.42 Å². The smallest absolute Gasteiger partial charge is 0.0831 e. The Morgan fingerprint density at radius 3 is 2.87 bits per heavy atom. The summed E-state index contributed by atoms with van der Waals surface area (Å²) in [5, 5.41) is 13.6. The van der Waals surface area contributed by atoms with Crippen LogP contribution >= 0.6 is 11.6 Å². The first kappa shape index (κ1) is 10.2. The first-order valence-corrected chi connectivity index (χ1v) is 5.08. The summed E-state index contributed by atoms with van der Waals surface area (Å²) < 4.78 is 1.72. The standard InChI is InChI=1S/C11H11ClN2O/c12-10-3-1-2-4-11(10)14-8-9(5-6-15)7-13-14/h1-4,7-8,15H,5-6H2. The molecule has 0 fully saturated rings. The third-order valence-electron chi connectivity index (χ3n) is 2.14. The van der Waals surface area contributed by atoms with Gasteiger partial charge in [0.15, 0.2) is 0 Å². The van der Waals surface area contributed by atoms with Crippen LogP contribution in [0.3, 0.4) is 0 Å². The van der Waals surface area contributed by atoms with Crippen LogP contribution in [0.1, 0.15) is 5.56 Å². The molecule has 4 heteroatoms. The van der Waals surface area contributed by atoms with Crippen LogP contribution in [-0.4, -0.2) is 21.5 Å². The zero-order valence-corrected chi connectivity index (χ0v) is 8.85. The molecule has 0 aliphatic carbocycles. The lowest BCUT2D eigenvalue weighted by Crippen LogP contribution is -1.94. The monoisotopic (exact) mass is 222 g/mol. The Morgan fingerprint density at radius 1 is 1.33 bits per heavy atom. The molecule has 3 nitrogen and oxygen atoms in total. The minimum atomic E-state index is 0.133. The third kappa shape index (κ3) is 2.19. The topological polar surface area (TPSA) is 38.1 Å². The van der Waals surface area contributed by atoms with Crippen molar-refractivity contribution in [2.45, 2.75) is 6.42 Å². The van der Waals surface area contributed by atoms with E-state index in [1.165, 1.54) is 0 Å². The lowest BCUT2D eigenvalue weighted by Gasteiger charge is -2.02. The predicted octanol–water partition coefficient (Wildman–Crippen LogP) is 2.06. The number of hydrogen-bond acceptors (Lipinski definition) is 2. The summed E-state index contributed by atoms with van der Waals surface area (Å²) in [5.41, 5.74) is 1.85. The van der Waals surface area contributed by atoms with Crippen molar-refractivity contribution in [2.24, 2.45) is 0 Å². The molecule has 2 rings (SSSR count). The van der Waals surface area contributed by atoms with Gasteiger partial charge < -0.3 is 5.11 Å². The Labute approximate surface area is 92.9 Å². The van der Waals surface area contributed by atoms with Gasteiger partial charge in [-0.1, -0.05) is 23.7 Å². The minimum Gasteiger partial charge on any atom is -0.396 e. The number of para-hydroxylation sites is 1. The van der Waals surface area contributed by atoms with E-state index in [1.807, 2.05) is 30.5 Å². The van der Waals surface area contributed by atoms with E-state index >= 15 is 0 Å². The summed E-state index contributed by atoms with van der Waals surface area (Å²) in [6.45, 7) is 0.133. The maximum Gasteiger partial charge on any atom is 0.0831 e. The van der Waals surface area contributed by atoms with E-state index < -0.39 is 0 Å². The number of benzene rings is 1. The van der Waals surface area contributed by atoms with E-state index in [2.05, 4.69) is 5.10 Å². The van der Waals surface area contributed by atoms with Crippen molar-refractivity contribution in [1.82, 2.24) is 9.78 Å². The number of aliphatic hydroxyl groups excluding tert-OH is 1. The summed E-state index contributed by atoms with van der Waals surface area (Å²) >= 11 is 6.03. The molecule has 0 bridgehead atoms. The van der Waals surface area contributed by atoms with Crippen LogP contribution in [0.15, 0.2) is 36.7 Å². The zero-order chi connectivity index (χ0) is 10.7. The van der Waals surface area contributed by atoms with Crippen molar-refractivity contribution in [3.05, 3.63) is 47.2 Å². The van der Waals surface area contributed by atoms with Crippen LogP contribution < -0.4 is 0 Å². The number of hydrogen-bond donors (Lipinski definition) is 1. The highest BCUT2D eigenvalue weighted by Crippen LogP contribution is 2.19. The van der Waals surface area contributed by atoms with E-state index in [9.17, 15) is 0 Å². The Bertz CT molecular complexity index is 453. The quantitative estimate of drug-likeness (QED) is 0.864. The summed E-state index contributed by atoms with van der Waals surface area (Å²) in [6.07, 6.45) is 4.22. The summed E-state index contributed by atoms with van der Waals surface area (Å²) in [7, 11) is 0. The normalized spacial score (nSPS) is 10.5. The fourth-order valence-corrected chi connectivity index (χ4v) is 1.61. The SMILES string of the molecule is OCCc1cnn(-c2ccccc2Cl)c1. The lowest BCUT2D eigenvalue weighted by atomic mass is 10.3. The highest BCUT2D eigenvalue weighted by molar-refractivity contribution is 6.32. The van der Waals surface area contributed by atoms with Crippen molar-refractivity contribution < 1.29 is 5.11 Å². The van der Waals surface area contributed by atoms with Crippen molar-refractivity contribution in [3.63, 3.8) is 0 Å². The van der Waals surface area contributed by atoms with Crippen LogP contribution in [0.2, 0.25) is 5.02 Å². The fraction of sp³-hybridized carbons (Fsp3) is 0.182. The molecule has 0 saturated carbocycles. The summed E-state index contributed by atoms with van der Waals surface area (Å²) in [6, 6.07) is 7.51. The van der Waals surface area contributed by atoms with Crippen molar-refractivity contribution in [3.8, 4) is 5.69 Å². The molecule has 0 aliphatic heterocycles.